The number of nitrogens with one attached hydrogen (secondary N) is 2. The van der Waals surface area contributed by atoms with Gasteiger partial charge in [0, 0.05) is 5.56 Å². The number of rotatable bonds is 12. The molecule has 194 valence electrons. The van der Waals surface area contributed by atoms with Crippen molar-refractivity contribution in [3.05, 3.63) is 82.9 Å². The highest BCUT2D eigenvalue weighted by Crippen LogP contribution is 2.29. The van der Waals surface area contributed by atoms with Crippen molar-refractivity contribution in [3.8, 4) is 23.0 Å². The molecular weight excluding hydrogens is 474 g/mol. The Morgan fingerprint density at radius 1 is 0.892 bits per heavy atom. The average molecular weight is 506 g/mol. The number of hydrogen-bond acceptors (Lipinski definition) is 7. The third-order valence-corrected chi connectivity index (χ3v) is 5.20. The quantitative estimate of drug-likeness (QED) is 0.286. The van der Waals surface area contributed by atoms with E-state index < -0.39 is 11.8 Å². The Morgan fingerprint density at radius 2 is 1.68 bits per heavy atom. The van der Waals surface area contributed by atoms with Crippen LogP contribution in [0.15, 0.2) is 65.8 Å². The maximum Gasteiger partial charge on any atom is 0.259 e. The second-order valence-electron chi connectivity index (χ2n) is 7.96. The summed E-state index contributed by atoms with van der Waals surface area (Å²) in [4.78, 5) is 24.5. The average Bonchev–Trinajstić information content (AvgIpc) is 2.91. The molecule has 0 saturated carbocycles. The molecule has 0 aliphatic carbocycles. The van der Waals surface area contributed by atoms with E-state index >= 15 is 0 Å². The molecule has 9 heteroatoms. The number of carbonyl (C=O) groups excluding carboxylic acids is 2. The van der Waals surface area contributed by atoms with Crippen molar-refractivity contribution in [2.24, 2.45) is 5.10 Å². The lowest BCUT2D eigenvalue weighted by Gasteiger charge is -2.13. The predicted octanol–water partition coefficient (Wildman–Crippen LogP) is 3.87. The van der Waals surface area contributed by atoms with Crippen LogP contribution in [0.3, 0.4) is 0 Å². The largest absolute Gasteiger partial charge is 0.493 e. The van der Waals surface area contributed by atoms with Gasteiger partial charge in [-0.3, -0.25) is 9.59 Å². The highest BCUT2D eigenvalue weighted by Gasteiger charge is 2.12. The van der Waals surface area contributed by atoms with Crippen LogP contribution in [0.1, 0.15) is 34.0 Å². The zero-order valence-electron chi connectivity index (χ0n) is 21.4. The minimum absolute atomic E-state index is 0.250. The van der Waals surface area contributed by atoms with Gasteiger partial charge >= 0.3 is 0 Å². The van der Waals surface area contributed by atoms with Crippen molar-refractivity contribution in [1.29, 1.82) is 0 Å². The Morgan fingerprint density at radius 3 is 2.41 bits per heavy atom. The number of amides is 2. The number of carbonyl (C=O) groups is 2. The molecule has 0 aliphatic heterocycles. The SMILES string of the molecule is CCOc1cc(/C=N/NC(=O)CNC(=O)c2ccc(OC)c(OC)c2)ccc1OCc1cccc(C)c1. The van der Waals surface area contributed by atoms with Crippen LogP contribution in [0.5, 0.6) is 23.0 Å². The summed E-state index contributed by atoms with van der Waals surface area (Å²) in [5.74, 6) is 1.21. The number of aryl methyl sites for hydroxylation is 1. The summed E-state index contributed by atoms with van der Waals surface area (Å²) in [6.07, 6.45) is 1.49. The monoisotopic (exact) mass is 505 g/mol. The van der Waals surface area contributed by atoms with E-state index in [-0.39, 0.29) is 6.54 Å². The van der Waals surface area contributed by atoms with E-state index in [0.717, 1.165) is 5.56 Å². The smallest absolute Gasteiger partial charge is 0.259 e. The van der Waals surface area contributed by atoms with Crippen LogP contribution in [0.25, 0.3) is 0 Å². The van der Waals surface area contributed by atoms with E-state index in [2.05, 4.69) is 21.9 Å². The second kappa shape index (κ2) is 13.5. The first kappa shape index (κ1) is 27.1. The fourth-order valence-corrected chi connectivity index (χ4v) is 3.41. The number of benzene rings is 3. The van der Waals surface area contributed by atoms with Gasteiger partial charge in [-0.1, -0.05) is 29.8 Å². The third-order valence-electron chi connectivity index (χ3n) is 5.20. The van der Waals surface area contributed by atoms with E-state index in [0.29, 0.717) is 47.3 Å². The molecule has 37 heavy (non-hydrogen) atoms. The lowest BCUT2D eigenvalue weighted by atomic mass is 10.1. The molecule has 3 aromatic rings. The Kier molecular flexibility index (Phi) is 9.90. The van der Waals surface area contributed by atoms with Crippen LogP contribution < -0.4 is 29.7 Å². The van der Waals surface area contributed by atoms with E-state index in [1.54, 1.807) is 24.3 Å². The van der Waals surface area contributed by atoms with E-state index in [9.17, 15) is 9.59 Å². The summed E-state index contributed by atoms with van der Waals surface area (Å²) in [6.45, 7) is 4.56. The molecule has 0 spiro atoms. The molecule has 0 aromatic heterocycles. The van der Waals surface area contributed by atoms with Crippen LogP contribution in [0.2, 0.25) is 0 Å². The number of hydrazone groups is 1. The summed E-state index contributed by atoms with van der Waals surface area (Å²) >= 11 is 0. The van der Waals surface area contributed by atoms with Crippen LogP contribution in [-0.4, -0.2) is 45.4 Å². The van der Waals surface area contributed by atoms with Gasteiger partial charge in [-0.05, 0) is 61.4 Å². The van der Waals surface area contributed by atoms with Gasteiger partial charge < -0.3 is 24.3 Å². The Balaban J connectivity index is 1.53. The van der Waals surface area contributed by atoms with Gasteiger partial charge in [-0.15, -0.1) is 0 Å². The lowest BCUT2D eigenvalue weighted by molar-refractivity contribution is -0.120. The van der Waals surface area contributed by atoms with Gasteiger partial charge in [0.25, 0.3) is 11.8 Å². The van der Waals surface area contributed by atoms with Crippen LogP contribution in [0.4, 0.5) is 0 Å². The van der Waals surface area contributed by atoms with Crippen LogP contribution in [-0.2, 0) is 11.4 Å². The lowest BCUT2D eigenvalue weighted by Crippen LogP contribution is -2.34. The number of methoxy groups -OCH3 is 2. The fraction of sp³-hybridized carbons (Fsp3) is 0.250. The molecule has 0 aliphatic rings. The van der Waals surface area contributed by atoms with Crippen molar-refractivity contribution in [3.63, 3.8) is 0 Å². The first-order chi connectivity index (χ1) is 17.9. The standard InChI is InChI=1S/C28H31N3O6/c1-5-36-26-14-20(9-11-24(26)37-18-21-8-6-7-19(2)13-21)16-30-31-27(32)17-29-28(33)22-10-12-23(34-3)25(15-22)35-4/h6-16H,5,17-18H2,1-4H3,(H,29,33)(H,31,32)/b30-16+. The van der Waals surface area contributed by atoms with Crippen molar-refractivity contribution >= 4 is 18.0 Å². The Labute approximate surface area is 216 Å². The van der Waals surface area contributed by atoms with E-state index in [1.807, 2.05) is 38.1 Å². The molecule has 0 heterocycles. The van der Waals surface area contributed by atoms with Crippen LogP contribution >= 0.6 is 0 Å². The van der Waals surface area contributed by atoms with Gasteiger partial charge in [-0.2, -0.15) is 5.10 Å². The topological polar surface area (TPSA) is 107 Å². The molecule has 3 rings (SSSR count). The molecule has 2 amide bonds. The number of nitrogens with zero attached hydrogens (tertiary/aromatic N) is 1. The highest BCUT2D eigenvalue weighted by atomic mass is 16.5. The van der Waals surface area contributed by atoms with Crippen molar-refractivity contribution in [2.75, 3.05) is 27.4 Å². The first-order valence-electron chi connectivity index (χ1n) is 11.7. The van der Waals surface area contributed by atoms with E-state index in [4.69, 9.17) is 18.9 Å². The van der Waals surface area contributed by atoms with Gasteiger partial charge in [0.1, 0.15) is 6.61 Å². The molecule has 0 saturated heterocycles. The maximum atomic E-state index is 12.4. The highest BCUT2D eigenvalue weighted by molar-refractivity contribution is 5.97. The summed E-state index contributed by atoms with van der Waals surface area (Å²) < 4.78 is 22.0. The van der Waals surface area contributed by atoms with E-state index in [1.165, 1.54) is 32.1 Å². The zero-order chi connectivity index (χ0) is 26.6. The van der Waals surface area contributed by atoms with Crippen molar-refractivity contribution in [1.82, 2.24) is 10.7 Å². The maximum absolute atomic E-state index is 12.4. The van der Waals surface area contributed by atoms with Gasteiger partial charge in [-0.25, -0.2) is 5.43 Å². The summed E-state index contributed by atoms with van der Waals surface area (Å²) in [7, 11) is 2.99. The van der Waals surface area contributed by atoms with Crippen molar-refractivity contribution in [2.45, 2.75) is 20.5 Å². The molecule has 0 radical (unpaired) electrons. The Bertz CT molecular complexity index is 1260. The summed E-state index contributed by atoms with van der Waals surface area (Å²) in [5, 5.41) is 6.51. The molecule has 3 aromatic carbocycles. The fourth-order valence-electron chi connectivity index (χ4n) is 3.41. The molecule has 0 fully saturated rings. The first-order valence-corrected chi connectivity index (χ1v) is 11.7. The number of hydrogen-bond donors (Lipinski definition) is 2. The minimum Gasteiger partial charge on any atom is -0.493 e. The van der Waals surface area contributed by atoms with Gasteiger partial charge in [0.2, 0.25) is 0 Å². The third kappa shape index (κ3) is 7.99. The zero-order valence-corrected chi connectivity index (χ0v) is 21.4. The predicted molar refractivity (Wildman–Crippen MR) is 141 cm³/mol. The summed E-state index contributed by atoms with van der Waals surface area (Å²) in [5.41, 5.74) is 5.67. The Hall–Kier alpha value is -4.53. The molecule has 0 atom stereocenters. The molecule has 0 unspecified atom stereocenters. The second-order valence-corrected chi connectivity index (χ2v) is 7.96. The molecular formula is C28H31N3O6. The van der Waals surface area contributed by atoms with Crippen LogP contribution in [0, 0.1) is 6.92 Å². The molecule has 9 nitrogen and oxygen atoms in total. The minimum atomic E-state index is -0.479. The molecule has 2 N–H and O–H groups in total. The van der Waals surface area contributed by atoms with Gasteiger partial charge in [0.05, 0.1) is 33.6 Å². The normalized spacial score (nSPS) is 10.6. The number of ether oxygens (including phenoxy) is 4. The van der Waals surface area contributed by atoms with Crippen molar-refractivity contribution < 1.29 is 28.5 Å². The van der Waals surface area contributed by atoms with Gasteiger partial charge in [0.15, 0.2) is 23.0 Å². The molecule has 0 bridgehead atoms. The summed E-state index contributed by atoms with van der Waals surface area (Å²) in [6, 6.07) is 18.2.